The molecule has 20 heavy (non-hydrogen) atoms. The molecule has 0 saturated carbocycles. The number of hydrogen-bond donors (Lipinski definition) is 2. The van der Waals surface area contributed by atoms with Gasteiger partial charge in [0, 0.05) is 0 Å². The number of carbonyl (C=O) groups is 2. The van der Waals surface area contributed by atoms with Gasteiger partial charge >= 0.3 is 12.1 Å². The maximum absolute atomic E-state index is 11.7. The van der Waals surface area contributed by atoms with Crippen LogP contribution in [0, 0.1) is 0 Å². The smallest absolute Gasteiger partial charge is 0.408 e. The zero-order valence-electron chi connectivity index (χ0n) is 11.1. The first-order valence-corrected chi connectivity index (χ1v) is 7.19. The van der Waals surface area contributed by atoms with Crippen molar-refractivity contribution in [3.63, 3.8) is 0 Å². The standard InChI is InChI=1S/C11H14Cl2N2O4S/c1-11(2,3)19-10(18)14-5(4-6(16)17)7-8(12)15-9(13)20-7/h5H,4H2,1-3H3,(H,14,18)(H,16,17)/t5-/m1/s1. The number of halogens is 2. The number of rotatable bonds is 4. The lowest BCUT2D eigenvalue weighted by atomic mass is 10.2. The van der Waals surface area contributed by atoms with Gasteiger partial charge in [-0.2, -0.15) is 0 Å². The Labute approximate surface area is 130 Å². The fraction of sp³-hybridized carbons (Fsp3) is 0.545. The first-order chi connectivity index (χ1) is 9.08. The molecule has 112 valence electrons. The summed E-state index contributed by atoms with van der Waals surface area (Å²) in [7, 11) is 0. The number of aromatic nitrogens is 1. The molecule has 0 aliphatic heterocycles. The summed E-state index contributed by atoms with van der Waals surface area (Å²) >= 11 is 12.6. The molecular weight excluding hydrogens is 327 g/mol. The molecule has 0 aromatic carbocycles. The van der Waals surface area contributed by atoms with Crippen LogP contribution in [-0.4, -0.2) is 27.8 Å². The van der Waals surface area contributed by atoms with Crippen LogP contribution in [0.5, 0.6) is 0 Å². The molecular formula is C11H14Cl2N2O4S. The first kappa shape index (κ1) is 17.0. The Morgan fingerprint density at radius 1 is 1.45 bits per heavy atom. The molecule has 0 saturated heterocycles. The molecule has 1 heterocycles. The highest BCUT2D eigenvalue weighted by Crippen LogP contribution is 2.33. The summed E-state index contributed by atoms with van der Waals surface area (Å²) in [5, 5.41) is 11.4. The minimum Gasteiger partial charge on any atom is -0.481 e. The minimum absolute atomic E-state index is 0.0716. The van der Waals surface area contributed by atoms with Gasteiger partial charge in [-0.3, -0.25) is 4.79 Å². The number of carboxylic acid groups (broad SMARTS) is 1. The van der Waals surface area contributed by atoms with E-state index in [4.69, 9.17) is 33.0 Å². The normalized spacial score (nSPS) is 12.8. The summed E-state index contributed by atoms with van der Waals surface area (Å²) in [6.45, 7) is 5.11. The molecule has 1 rings (SSSR count). The quantitative estimate of drug-likeness (QED) is 0.875. The van der Waals surface area contributed by atoms with E-state index in [0.29, 0.717) is 4.88 Å². The van der Waals surface area contributed by atoms with Crippen LogP contribution in [0.15, 0.2) is 0 Å². The molecule has 1 aromatic heterocycles. The number of carboxylic acids is 1. The second-order valence-electron chi connectivity index (χ2n) is 4.92. The molecule has 0 unspecified atom stereocenters. The Hall–Kier alpha value is -1.05. The Morgan fingerprint density at radius 2 is 2.05 bits per heavy atom. The molecule has 1 aromatic rings. The Bertz CT molecular complexity index is 513. The maximum atomic E-state index is 11.7. The third-order valence-corrected chi connectivity index (χ3v) is 3.64. The van der Waals surface area contributed by atoms with Crippen molar-refractivity contribution in [2.24, 2.45) is 0 Å². The number of alkyl carbamates (subject to hydrolysis) is 1. The largest absolute Gasteiger partial charge is 0.481 e. The summed E-state index contributed by atoms with van der Waals surface area (Å²) in [5.41, 5.74) is -0.688. The Kier molecular flexibility index (Phi) is 5.61. The van der Waals surface area contributed by atoms with E-state index < -0.39 is 23.7 Å². The summed E-state index contributed by atoms with van der Waals surface area (Å²) < 4.78 is 5.26. The average Bonchev–Trinajstić information content (AvgIpc) is 2.53. The highest BCUT2D eigenvalue weighted by atomic mass is 35.5. The Morgan fingerprint density at radius 3 is 2.45 bits per heavy atom. The van der Waals surface area contributed by atoms with Crippen LogP contribution in [0.3, 0.4) is 0 Å². The molecule has 1 atom stereocenters. The van der Waals surface area contributed by atoms with E-state index in [1.54, 1.807) is 20.8 Å². The summed E-state index contributed by atoms with van der Waals surface area (Å²) in [5.74, 6) is -1.09. The SMILES string of the molecule is CC(C)(C)OC(=O)N[C@H](CC(=O)O)c1sc(Cl)nc1Cl. The van der Waals surface area contributed by atoms with Crippen molar-refractivity contribution in [2.75, 3.05) is 0 Å². The van der Waals surface area contributed by atoms with Gasteiger partial charge in [-0.25, -0.2) is 9.78 Å². The van der Waals surface area contributed by atoms with Crippen LogP contribution < -0.4 is 5.32 Å². The number of thiazole rings is 1. The van der Waals surface area contributed by atoms with E-state index in [2.05, 4.69) is 10.3 Å². The molecule has 2 N–H and O–H groups in total. The molecule has 0 spiro atoms. The zero-order valence-corrected chi connectivity index (χ0v) is 13.4. The van der Waals surface area contributed by atoms with Crippen LogP contribution >= 0.6 is 34.5 Å². The Balaban J connectivity index is 2.88. The van der Waals surface area contributed by atoms with Crippen molar-refractivity contribution in [3.05, 3.63) is 14.5 Å². The third kappa shape index (κ3) is 5.52. The fourth-order valence-corrected chi connectivity index (χ4v) is 2.83. The maximum Gasteiger partial charge on any atom is 0.408 e. The van der Waals surface area contributed by atoms with E-state index in [-0.39, 0.29) is 16.0 Å². The lowest BCUT2D eigenvalue weighted by Gasteiger charge is -2.22. The average molecular weight is 341 g/mol. The molecule has 0 aliphatic rings. The number of hydrogen-bond acceptors (Lipinski definition) is 5. The minimum atomic E-state index is -1.09. The van der Waals surface area contributed by atoms with E-state index in [1.165, 1.54) is 0 Å². The first-order valence-electron chi connectivity index (χ1n) is 5.61. The summed E-state index contributed by atoms with van der Waals surface area (Å²) in [6.07, 6.45) is -1.08. The highest BCUT2D eigenvalue weighted by Gasteiger charge is 2.26. The van der Waals surface area contributed by atoms with Crippen molar-refractivity contribution < 1.29 is 19.4 Å². The van der Waals surface area contributed by atoms with Gasteiger partial charge < -0.3 is 15.2 Å². The lowest BCUT2D eigenvalue weighted by molar-refractivity contribution is -0.137. The van der Waals surface area contributed by atoms with Crippen LogP contribution in [0.4, 0.5) is 4.79 Å². The third-order valence-electron chi connectivity index (χ3n) is 1.97. The molecule has 1 amide bonds. The number of nitrogens with zero attached hydrogens (tertiary/aromatic N) is 1. The van der Waals surface area contributed by atoms with Crippen molar-refractivity contribution in [1.82, 2.24) is 10.3 Å². The summed E-state index contributed by atoms with van der Waals surface area (Å²) in [6, 6.07) is -0.847. The van der Waals surface area contributed by atoms with Crippen LogP contribution in [0.2, 0.25) is 9.62 Å². The van der Waals surface area contributed by atoms with Gasteiger partial charge in [0.25, 0.3) is 0 Å². The number of ether oxygens (including phenoxy) is 1. The van der Waals surface area contributed by atoms with Crippen molar-refractivity contribution in [3.8, 4) is 0 Å². The van der Waals surface area contributed by atoms with Gasteiger partial charge in [0.05, 0.1) is 17.3 Å². The topological polar surface area (TPSA) is 88.5 Å². The van der Waals surface area contributed by atoms with Crippen LogP contribution in [-0.2, 0) is 9.53 Å². The highest BCUT2D eigenvalue weighted by molar-refractivity contribution is 7.16. The van der Waals surface area contributed by atoms with Gasteiger partial charge in [-0.1, -0.05) is 23.2 Å². The summed E-state index contributed by atoms with van der Waals surface area (Å²) in [4.78, 5) is 26.8. The zero-order chi connectivity index (χ0) is 15.5. The van der Waals surface area contributed by atoms with Crippen molar-refractivity contribution >= 4 is 46.6 Å². The number of aliphatic carboxylic acids is 1. The molecule has 0 radical (unpaired) electrons. The second-order valence-corrected chi connectivity index (χ2v) is 6.89. The predicted molar refractivity (Wildman–Crippen MR) is 76.5 cm³/mol. The van der Waals surface area contributed by atoms with Gasteiger partial charge in [0.15, 0.2) is 4.47 Å². The molecule has 0 fully saturated rings. The molecule has 0 aliphatic carbocycles. The van der Waals surface area contributed by atoms with E-state index in [1.807, 2.05) is 0 Å². The lowest BCUT2D eigenvalue weighted by Crippen LogP contribution is -2.35. The monoisotopic (exact) mass is 340 g/mol. The molecule has 0 bridgehead atoms. The van der Waals surface area contributed by atoms with Gasteiger partial charge in [0.2, 0.25) is 0 Å². The number of nitrogens with one attached hydrogen (secondary N) is 1. The fourth-order valence-electron chi connectivity index (χ4n) is 1.34. The van der Waals surface area contributed by atoms with Gasteiger partial charge in [0.1, 0.15) is 10.8 Å². The van der Waals surface area contributed by atoms with Crippen molar-refractivity contribution in [1.29, 1.82) is 0 Å². The van der Waals surface area contributed by atoms with E-state index in [9.17, 15) is 9.59 Å². The molecule has 6 nitrogen and oxygen atoms in total. The number of carbonyl (C=O) groups excluding carboxylic acids is 1. The van der Waals surface area contributed by atoms with Gasteiger partial charge in [-0.15, -0.1) is 11.3 Å². The van der Waals surface area contributed by atoms with E-state index in [0.717, 1.165) is 11.3 Å². The molecule has 9 heteroatoms. The second kappa shape index (κ2) is 6.60. The van der Waals surface area contributed by atoms with E-state index >= 15 is 0 Å². The predicted octanol–water partition coefficient (Wildman–Crippen LogP) is 3.49. The van der Waals surface area contributed by atoms with Crippen LogP contribution in [0.1, 0.15) is 38.1 Å². The van der Waals surface area contributed by atoms with Crippen molar-refractivity contribution in [2.45, 2.75) is 38.8 Å². The number of amides is 1. The van der Waals surface area contributed by atoms with Crippen LogP contribution in [0.25, 0.3) is 0 Å². The van der Waals surface area contributed by atoms with Gasteiger partial charge in [-0.05, 0) is 20.8 Å².